The first-order valence-corrected chi connectivity index (χ1v) is 8.07. The van der Waals surface area contributed by atoms with Crippen molar-refractivity contribution < 1.29 is 0 Å². The molecular weight excluding hydrogens is 204 g/mol. The van der Waals surface area contributed by atoms with Gasteiger partial charge in [-0.25, -0.2) is 0 Å². The molecule has 0 heteroatoms. The third kappa shape index (κ3) is 2.42. The fraction of sp³-hybridized carbons (Fsp3) is 1.00. The maximum atomic E-state index is 2.50. The largest absolute Gasteiger partial charge is 0.0622 e. The van der Waals surface area contributed by atoms with Crippen molar-refractivity contribution >= 4 is 0 Å². The molecule has 0 spiro atoms. The zero-order valence-corrected chi connectivity index (χ0v) is 12.5. The molecular formula is C17H32. The van der Waals surface area contributed by atoms with Crippen LogP contribution >= 0.6 is 0 Å². The van der Waals surface area contributed by atoms with Gasteiger partial charge in [-0.1, -0.05) is 59.8 Å². The van der Waals surface area contributed by atoms with Crippen LogP contribution in [0.5, 0.6) is 0 Å². The monoisotopic (exact) mass is 236 g/mol. The Morgan fingerprint density at radius 2 is 1.29 bits per heavy atom. The van der Waals surface area contributed by atoms with Gasteiger partial charge in [-0.15, -0.1) is 0 Å². The average molecular weight is 236 g/mol. The van der Waals surface area contributed by atoms with Gasteiger partial charge in [0.1, 0.15) is 0 Å². The molecule has 2 unspecified atom stereocenters. The summed E-state index contributed by atoms with van der Waals surface area (Å²) in [6.07, 6.45) is 12.1. The summed E-state index contributed by atoms with van der Waals surface area (Å²) < 4.78 is 0. The lowest BCUT2D eigenvalue weighted by Crippen LogP contribution is -2.42. The summed E-state index contributed by atoms with van der Waals surface area (Å²) in [6, 6.07) is 0. The lowest BCUT2D eigenvalue weighted by atomic mass is 9.56. The van der Waals surface area contributed by atoms with E-state index < -0.39 is 0 Å². The van der Waals surface area contributed by atoms with Crippen molar-refractivity contribution in [1.82, 2.24) is 0 Å². The maximum absolute atomic E-state index is 2.50. The van der Waals surface area contributed by atoms with Crippen molar-refractivity contribution in [3.05, 3.63) is 0 Å². The Hall–Kier alpha value is 0. The van der Waals surface area contributed by atoms with Crippen LogP contribution in [-0.4, -0.2) is 0 Å². The molecule has 0 heterocycles. The normalized spacial score (nSPS) is 33.5. The summed E-state index contributed by atoms with van der Waals surface area (Å²) >= 11 is 0. The van der Waals surface area contributed by atoms with E-state index in [1.54, 1.807) is 0 Å². The van der Waals surface area contributed by atoms with Crippen molar-refractivity contribution in [1.29, 1.82) is 0 Å². The van der Waals surface area contributed by atoms with Crippen LogP contribution in [0.3, 0.4) is 0 Å². The van der Waals surface area contributed by atoms with E-state index in [-0.39, 0.29) is 0 Å². The Bertz CT molecular complexity index is 226. The lowest BCUT2D eigenvalue weighted by Gasteiger charge is -2.49. The first-order valence-electron chi connectivity index (χ1n) is 8.07. The van der Waals surface area contributed by atoms with Crippen molar-refractivity contribution in [2.24, 2.45) is 29.1 Å². The zero-order chi connectivity index (χ0) is 12.5. The Morgan fingerprint density at radius 3 is 1.94 bits per heavy atom. The van der Waals surface area contributed by atoms with Gasteiger partial charge in [-0.05, 0) is 48.3 Å². The highest BCUT2D eigenvalue weighted by Gasteiger charge is 2.46. The summed E-state index contributed by atoms with van der Waals surface area (Å²) in [4.78, 5) is 0. The molecule has 0 aliphatic heterocycles. The molecule has 0 N–H and O–H groups in total. The summed E-state index contributed by atoms with van der Waals surface area (Å²) in [5.74, 6) is 3.80. The van der Waals surface area contributed by atoms with Gasteiger partial charge in [-0.2, -0.15) is 0 Å². The molecule has 2 aliphatic rings. The van der Waals surface area contributed by atoms with Crippen molar-refractivity contribution in [2.45, 2.75) is 79.1 Å². The van der Waals surface area contributed by atoms with E-state index in [0.717, 1.165) is 23.7 Å². The second kappa shape index (κ2) is 5.33. The van der Waals surface area contributed by atoms with Crippen LogP contribution in [0.4, 0.5) is 0 Å². The maximum Gasteiger partial charge on any atom is -0.0220 e. The van der Waals surface area contributed by atoms with Crippen LogP contribution in [-0.2, 0) is 0 Å². The molecule has 0 saturated heterocycles. The standard InChI is InChI=1S/C17H32/c1-13(2)17(14(3)4)12-15-8-5-6-10-16(17)11-7-9-15/h13-16H,5-12H2,1-4H3. The van der Waals surface area contributed by atoms with E-state index in [4.69, 9.17) is 0 Å². The highest BCUT2D eigenvalue weighted by molar-refractivity contribution is 4.96. The smallest absolute Gasteiger partial charge is 0.0220 e. The van der Waals surface area contributed by atoms with Gasteiger partial charge in [0.05, 0.1) is 0 Å². The molecule has 0 amide bonds. The molecule has 2 rings (SSSR count). The molecule has 17 heavy (non-hydrogen) atoms. The molecule has 0 aromatic carbocycles. The summed E-state index contributed by atoms with van der Waals surface area (Å²) in [6.45, 7) is 9.99. The molecule has 2 atom stereocenters. The highest BCUT2D eigenvalue weighted by atomic mass is 14.5. The quantitative estimate of drug-likeness (QED) is 0.580. The van der Waals surface area contributed by atoms with Crippen LogP contribution in [0.2, 0.25) is 0 Å². The van der Waals surface area contributed by atoms with Gasteiger partial charge in [0.25, 0.3) is 0 Å². The van der Waals surface area contributed by atoms with E-state index in [0.29, 0.717) is 5.41 Å². The van der Waals surface area contributed by atoms with Crippen molar-refractivity contribution in [3.8, 4) is 0 Å². The SMILES string of the molecule is CC(C)C1(C(C)C)CC2CCCCC1CCC2. The predicted octanol–water partition coefficient (Wildman–Crippen LogP) is 5.67. The average Bonchev–Trinajstić information content (AvgIpc) is 2.32. The van der Waals surface area contributed by atoms with Gasteiger partial charge in [0.15, 0.2) is 0 Å². The molecule has 100 valence electrons. The fourth-order valence-electron chi connectivity index (χ4n) is 5.25. The van der Waals surface area contributed by atoms with Crippen molar-refractivity contribution in [3.63, 3.8) is 0 Å². The third-order valence-electron chi connectivity index (χ3n) is 6.13. The Labute approximate surface area is 109 Å². The second-order valence-electron chi connectivity index (χ2n) is 7.40. The summed E-state index contributed by atoms with van der Waals surface area (Å²) in [7, 11) is 0. The molecule has 2 saturated carbocycles. The summed E-state index contributed by atoms with van der Waals surface area (Å²) in [5, 5.41) is 0. The van der Waals surface area contributed by atoms with E-state index in [9.17, 15) is 0 Å². The Morgan fingerprint density at radius 1 is 0.765 bits per heavy atom. The molecule has 0 radical (unpaired) electrons. The van der Waals surface area contributed by atoms with Gasteiger partial charge in [0.2, 0.25) is 0 Å². The highest BCUT2D eigenvalue weighted by Crippen LogP contribution is 2.55. The molecule has 0 aromatic heterocycles. The number of hydrogen-bond acceptors (Lipinski definition) is 0. The Balaban J connectivity index is 2.33. The second-order valence-corrected chi connectivity index (χ2v) is 7.40. The van der Waals surface area contributed by atoms with E-state index >= 15 is 0 Å². The van der Waals surface area contributed by atoms with E-state index in [1.165, 1.54) is 51.4 Å². The Kier molecular flexibility index (Phi) is 4.21. The van der Waals surface area contributed by atoms with E-state index in [2.05, 4.69) is 27.7 Å². The van der Waals surface area contributed by atoms with Gasteiger partial charge < -0.3 is 0 Å². The van der Waals surface area contributed by atoms with Crippen LogP contribution in [0.15, 0.2) is 0 Å². The minimum absolute atomic E-state index is 0.654. The molecule has 2 fully saturated rings. The number of fused-ring (bicyclic) bond motifs is 3. The van der Waals surface area contributed by atoms with Gasteiger partial charge in [0, 0.05) is 0 Å². The fourth-order valence-corrected chi connectivity index (χ4v) is 5.25. The number of rotatable bonds is 2. The minimum atomic E-state index is 0.654. The van der Waals surface area contributed by atoms with Gasteiger partial charge >= 0.3 is 0 Å². The number of hydrogen-bond donors (Lipinski definition) is 0. The van der Waals surface area contributed by atoms with Crippen LogP contribution in [0.25, 0.3) is 0 Å². The lowest BCUT2D eigenvalue weighted by molar-refractivity contribution is -0.00265. The van der Waals surface area contributed by atoms with Crippen LogP contribution in [0.1, 0.15) is 79.1 Å². The first kappa shape index (κ1) is 13.4. The van der Waals surface area contributed by atoms with Crippen LogP contribution in [0, 0.1) is 29.1 Å². The topological polar surface area (TPSA) is 0 Å². The molecule has 0 nitrogen and oxygen atoms in total. The summed E-state index contributed by atoms with van der Waals surface area (Å²) in [5.41, 5.74) is 0.654. The third-order valence-corrected chi connectivity index (χ3v) is 6.13. The molecule has 2 bridgehead atoms. The van der Waals surface area contributed by atoms with E-state index in [1.807, 2.05) is 0 Å². The first-order chi connectivity index (χ1) is 8.07. The zero-order valence-electron chi connectivity index (χ0n) is 12.5. The van der Waals surface area contributed by atoms with Gasteiger partial charge in [-0.3, -0.25) is 0 Å². The van der Waals surface area contributed by atoms with Crippen LogP contribution < -0.4 is 0 Å². The minimum Gasteiger partial charge on any atom is -0.0622 e. The van der Waals surface area contributed by atoms with Crippen molar-refractivity contribution in [2.75, 3.05) is 0 Å². The predicted molar refractivity (Wildman–Crippen MR) is 76.0 cm³/mol. The molecule has 0 aromatic rings. The molecule has 2 aliphatic carbocycles.